The highest BCUT2D eigenvalue weighted by molar-refractivity contribution is 5.45. The van der Waals surface area contributed by atoms with Gasteiger partial charge in [0.1, 0.15) is 17.5 Å². The molecule has 20 heavy (non-hydrogen) atoms. The van der Waals surface area contributed by atoms with E-state index in [9.17, 15) is 5.11 Å². The number of nitrogens with zero attached hydrogens (tertiary/aromatic N) is 2. The maximum atomic E-state index is 9.82. The van der Waals surface area contributed by atoms with E-state index in [0.717, 1.165) is 25.3 Å². The molecule has 1 aliphatic rings. The van der Waals surface area contributed by atoms with Crippen molar-refractivity contribution in [3.8, 4) is 17.2 Å². The number of phenolic OH excluding ortho intramolecular Hbond substituents is 1. The van der Waals surface area contributed by atoms with Gasteiger partial charge in [0.25, 0.3) is 0 Å². The number of phenols is 1. The monoisotopic (exact) mass is 273 g/mol. The first-order valence-corrected chi connectivity index (χ1v) is 7.03. The van der Waals surface area contributed by atoms with Crippen LogP contribution in [0.25, 0.3) is 5.69 Å². The van der Waals surface area contributed by atoms with E-state index < -0.39 is 0 Å². The van der Waals surface area contributed by atoms with E-state index in [-0.39, 0.29) is 11.9 Å². The van der Waals surface area contributed by atoms with Crippen LogP contribution in [-0.2, 0) is 0 Å². The predicted octanol–water partition coefficient (Wildman–Crippen LogP) is 2.10. The number of ether oxygens (including phenoxy) is 1. The third-order valence-electron chi connectivity index (χ3n) is 3.49. The Kier molecular flexibility index (Phi) is 3.87. The van der Waals surface area contributed by atoms with Crippen LogP contribution in [0.3, 0.4) is 0 Å². The minimum Gasteiger partial charge on any atom is -0.506 e. The van der Waals surface area contributed by atoms with E-state index in [0.29, 0.717) is 5.69 Å². The molecule has 0 amide bonds. The number of hydrogen-bond acceptors (Lipinski definition) is 4. The summed E-state index contributed by atoms with van der Waals surface area (Å²) in [7, 11) is 0. The minimum atomic E-state index is 0.194. The molecule has 2 aromatic rings. The van der Waals surface area contributed by atoms with Gasteiger partial charge in [-0.15, -0.1) is 0 Å². The summed E-state index contributed by atoms with van der Waals surface area (Å²) in [4.78, 5) is 0. The van der Waals surface area contributed by atoms with Crippen LogP contribution in [0.15, 0.2) is 36.7 Å². The first-order valence-electron chi connectivity index (χ1n) is 7.03. The van der Waals surface area contributed by atoms with E-state index in [4.69, 9.17) is 4.74 Å². The normalized spacial score (nSPS) is 19.5. The highest BCUT2D eigenvalue weighted by Crippen LogP contribution is 2.23. The molecule has 1 aliphatic heterocycles. The molecule has 1 aromatic carbocycles. The SMILES string of the molecule is Oc1ccccc1-n1cc(OC2CCCCNC2)cn1. The second-order valence-corrected chi connectivity index (χ2v) is 5.05. The molecule has 5 nitrogen and oxygen atoms in total. The van der Waals surface area contributed by atoms with Crippen molar-refractivity contribution in [2.75, 3.05) is 13.1 Å². The summed E-state index contributed by atoms with van der Waals surface area (Å²) < 4.78 is 7.58. The smallest absolute Gasteiger partial charge is 0.158 e. The Bertz CT molecular complexity index is 560. The van der Waals surface area contributed by atoms with Crippen LogP contribution in [0.4, 0.5) is 0 Å². The van der Waals surface area contributed by atoms with Gasteiger partial charge in [-0.25, -0.2) is 4.68 Å². The fraction of sp³-hybridized carbons (Fsp3) is 0.400. The molecule has 1 atom stereocenters. The summed E-state index contributed by atoms with van der Waals surface area (Å²) in [5.74, 6) is 0.945. The summed E-state index contributed by atoms with van der Waals surface area (Å²) in [6.07, 6.45) is 7.15. The van der Waals surface area contributed by atoms with E-state index >= 15 is 0 Å². The van der Waals surface area contributed by atoms with Crippen molar-refractivity contribution in [3.63, 3.8) is 0 Å². The molecule has 0 spiro atoms. The summed E-state index contributed by atoms with van der Waals surface area (Å²) in [6.45, 7) is 1.94. The second kappa shape index (κ2) is 5.96. The average molecular weight is 273 g/mol. The fourth-order valence-electron chi connectivity index (χ4n) is 2.44. The van der Waals surface area contributed by atoms with Gasteiger partial charge in [0.05, 0.1) is 12.4 Å². The molecule has 0 radical (unpaired) electrons. The third-order valence-corrected chi connectivity index (χ3v) is 3.49. The summed E-state index contributed by atoms with van der Waals surface area (Å²) in [5, 5.41) is 17.4. The molecule has 1 fully saturated rings. The summed E-state index contributed by atoms with van der Waals surface area (Å²) in [6, 6.07) is 7.12. The van der Waals surface area contributed by atoms with Crippen LogP contribution in [0.5, 0.6) is 11.5 Å². The molecule has 0 bridgehead atoms. The molecule has 5 heteroatoms. The Morgan fingerprint density at radius 2 is 2.20 bits per heavy atom. The molecule has 3 rings (SSSR count). The number of hydrogen-bond donors (Lipinski definition) is 2. The van der Waals surface area contributed by atoms with Gasteiger partial charge in [0, 0.05) is 6.54 Å². The van der Waals surface area contributed by atoms with Gasteiger partial charge in [-0.3, -0.25) is 0 Å². The van der Waals surface area contributed by atoms with Crippen molar-refractivity contribution in [1.29, 1.82) is 0 Å². The molecule has 106 valence electrons. The van der Waals surface area contributed by atoms with Crippen LogP contribution < -0.4 is 10.1 Å². The van der Waals surface area contributed by atoms with Gasteiger partial charge in [-0.05, 0) is 37.9 Å². The standard InChI is InChI=1S/C15H19N3O2/c19-15-7-2-1-6-14(15)18-11-13(10-17-18)20-12-5-3-4-8-16-9-12/h1-2,6-7,10-12,16,19H,3-5,8-9H2. The van der Waals surface area contributed by atoms with Crippen molar-refractivity contribution < 1.29 is 9.84 Å². The lowest BCUT2D eigenvalue weighted by Gasteiger charge is -2.15. The van der Waals surface area contributed by atoms with E-state index in [1.165, 1.54) is 12.8 Å². The number of rotatable bonds is 3. The predicted molar refractivity (Wildman–Crippen MR) is 76.4 cm³/mol. The van der Waals surface area contributed by atoms with Crippen molar-refractivity contribution in [2.24, 2.45) is 0 Å². The first kappa shape index (κ1) is 13.0. The van der Waals surface area contributed by atoms with Crippen molar-refractivity contribution in [2.45, 2.75) is 25.4 Å². The number of aromatic nitrogens is 2. The van der Waals surface area contributed by atoms with Crippen molar-refractivity contribution >= 4 is 0 Å². The summed E-state index contributed by atoms with van der Waals surface area (Å²) in [5.41, 5.74) is 0.654. The van der Waals surface area contributed by atoms with Crippen molar-refractivity contribution in [3.05, 3.63) is 36.7 Å². The lowest BCUT2D eigenvalue weighted by atomic mass is 10.2. The van der Waals surface area contributed by atoms with E-state index in [2.05, 4.69) is 10.4 Å². The molecule has 0 saturated carbocycles. The van der Waals surface area contributed by atoms with Crippen LogP contribution in [-0.4, -0.2) is 34.1 Å². The molecule has 2 N–H and O–H groups in total. The lowest BCUT2D eigenvalue weighted by molar-refractivity contribution is 0.194. The zero-order chi connectivity index (χ0) is 13.8. The summed E-state index contributed by atoms with van der Waals surface area (Å²) >= 11 is 0. The van der Waals surface area contributed by atoms with Gasteiger partial charge in [0.15, 0.2) is 5.75 Å². The molecular formula is C15H19N3O2. The molecule has 0 aliphatic carbocycles. The Hall–Kier alpha value is -2.01. The van der Waals surface area contributed by atoms with Crippen LogP contribution in [0.1, 0.15) is 19.3 Å². The maximum absolute atomic E-state index is 9.82. The topological polar surface area (TPSA) is 59.3 Å². The second-order valence-electron chi connectivity index (χ2n) is 5.05. The quantitative estimate of drug-likeness (QED) is 0.899. The van der Waals surface area contributed by atoms with Crippen LogP contribution in [0.2, 0.25) is 0 Å². The Morgan fingerprint density at radius 3 is 3.10 bits per heavy atom. The highest BCUT2D eigenvalue weighted by atomic mass is 16.5. The van der Waals surface area contributed by atoms with Gasteiger partial charge >= 0.3 is 0 Å². The minimum absolute atomic E-state index is 0.194. The lowest BCUT2D eigenvalue weighted by Crippen LogP contribution is -2.29. The highest BCUT2D eigenvalue weighted by Gasteiger charge is 2.14. The molecule has 1 unspecified atom stereocenters. The van der Waals surface area contributed by atoms with E-state index in [1.54, 1.807) is 29.2 Å². The molecule has 1 saturated heterocycles. The number of nitrogens with one attached hydrogen (secondary N) is 1. The fourth-order valence-corrected chi connectivity index (χ4v) is 2.44. The maximum Gasteiger partial charge on any atom is 0.158 e. The van der Waals surface area contributed by atoms with Gasteiger partial charge in [-0.2, -0.15) is 5.10 Å². The third kappa shape index (κ3) is 2.93. The molecule has 1 aromatic heterocycles. The zero-order valence-corrected chi connectivity index (χ0v) is 11.3. The van der Waals surface area contributed by atoms with Crippen LogP contribution in [0, 0.1) is 0 Å². The van der Waals surface area contributed by atoms with E-state index in [1.807, 2.05) is 12.1 Å². The first-order chi connectivity index (χ1) is 9.83. The molecule has 2 heterocycles. The van der Waals surface area contributed by atoms with Crippen molar-refractivity contribution in [1.82, 2.24) is 15.1 Å². The number of para-hydroxylation sites is 2. The average Bonchev–Trinajstić information content (AvgIpc) is 2.75. The Balaban J connectivity index is 1.72. The number of aromatic hydroxyl groups is 1. The zero-order valence-electron chi connectivity index (χ0n) is 11.3. The number of benzene rings is 1. The largest absolute Gasteiger partial charge is 0.506 e. The molecular weight excluding hydrogens is 254 g/mol. The Morgan fingerprint density at radius 1 is 1.30 bits per heavy atom. The van der Waals surface area contributed by atoms with Gasteiger partial charge in [0.2, 0.25) is 0 Å². The van der Waals surface area contributed by atoms with Gasteiger partial charge in [-0.1, -0.05) is 12.1 Å². The van der Waals surface area contributed by atoms with Gasteiger partial charge < -0.3 is 15.2 Å². The van der Waals surface area contributed by atoms with Crippen LogP contribution >= 0.6 is 0 Å². The Labute approximate surface area is 118 Å².